The molecule has 2 rings (SSSR count). The maximum atomic E-state index is 11.1. The maximum Gasteiger partial charge on any atom is 0.343 e. The molecule has 0 heterocycles. The van der Waals surface area contributed by atoms with Gasteiger partial charge >= 0.3 is 5.97 Å². The minimum atomic E-state index is -0.422. The van der Waals surface area contributed by atoms with Crippen LogP contribution in [0.25, 0.3) is 5.57 Å². The van der Waals surface area contributed by atoms with E-state index in [1.807, 2.05) is 18.2 Å². The highest BCUT2D eigenvalue weighted by Gasteiger charge is 2.16. The van der Waals surface area contributed by atoms with Gasteiger partial charge in [0, 0.05) is 11.1 Å². The summed E-state index contributed by atoms with van der Waals surface area (Å²) in [7, 11) is 1.32. The Balaban J connectivity index is 2.25. The molecule has 0 fully saturated rings. The number of ether oxygens (including phenoxy) is 2. The highest BCUT2D eigenvalue weighted by atomic mass is 16.6. The van der Waals surface area contributed by atoms with E-state index in [1.165, 1.54) is 7.11 Å². The van der Waals surface area contributed by atoms with Crippen molar-refractivity contribution in [1.82, 2.24) is 0 Å². The summed E-state index contributed by atoms with van der Waals surface area (Å²) >= 11 is 0. The van der Waals surface area contributed by atoms with Crippen molar-refractivity contribution >= 4 is 17.8 Å². The molecule has 0 saturated carbocycles. The SMILES string of the molecule is COC(=O)COc1cccc2c1CCC=C2C=O. The first-order chi connectivity index (χ1) is 8.76. The quantitative estimate of drug-likeness (QED) is 0.600. The van der Waals surface area contributed by atoms with Gasteiger partial charge in [-0.15, -0.1) is 0 Å². The summed E-state index contributed by atoms with van der Waals surface area (Å²) in [6, 6.07) is 5.50. The van der Waals surface area contributed by atoms with Gasteiger partial charge in [0.25, 0.3) is 0 Å². The first-order valence-corrected chi connectivity index (χ1v) is 5.73. The summed E-state index contributed by atoms with van der Waals surface area (Å²) in [5.74, 6) is 0.222. The molecule has 4 nitrogen and oxygen atoms in total. The van der Waals surface area contributed by atoms with E-state index in [0.29, 0.717) is 11.3 Å². The van der Waals surface area contributed by atoms with Crippen LogP contribution in [0.2, 0.25) is 0 Å². The summed E-state index contributed by atoms with van der Waals surface area (Å²) in [6.07, 6.45) is 4.38. The van der Waals surface area contributed by atoms with Crippen LogP contribution in [0.3, 0.4) is 0 Å². The lowest BCUT2D eigenvalue weighted by atomic mass is 9.91. The predicted molar refractivity (Wildman–Crippen MR) is 66.3 cm³/mol. The van der Waals surface area contributed by atoms with Crippen LogP contribution in [0.15, 0.2) is 24.3 Å². The van der Waals surface area contributed by atoms with Crippen molar-refractivity contribution in [2.45, 2.75) is 12.8 Å². The molecular weight excluding hydrogens is 232 g/mol. The number of aldehydes is 1. The molecule has 0 aliphatic heterocycles. The van der Waals surface area contributed by atoms with Gasteiger partial charge < -0.3 is 9.47 Å². The molecule has 0 amide bonds. The average molecular weight is 246 g/mol. The molecule has 0 spiro atoms. The Labute approximate surface area is 105 Å². The fourth-order valence-electron chi connectivity index (χ4n) is 2.02. The van der Waals surface area contributed by atoms with E-state index in [2.05, 4.69) is 4.74 Å². The second-order valence-electron chi connectivity index (χ2n) is 3.96. The predicted octanol–water partition coefficient (Wildman–Crippen LogP) is 1.77. The van der Waals surface area contributed by atoms with Crippen LogP contribution in [0.4, 0.5) is 0 Å². The number of allylic oxidation sites excluding steroid dienone is 2. The fourth-order valence-corrected chi connectivity index (χ4v) is 2.02. The smallest absolute Gasteiger partial charge is 0.343 e. The summed E-state index contributed by atoms with van der Waals surface area (Å²) in [5, 5.41) is 0. The van der Waals surface area contributed by atoms with Crippen LogP contribution in [0.5, 0.6) is 5.75 Å². The van der Waals surface area contributed by atoms with Gasteiger partial charge in [0.1, 0.15) is 12.0 Å². The van der Waals surface area contributed by atoms with Crippen molar-refractivity contribution in [3.8, 4) is 5.75 Å². The van der Waals surface area contributed by atoms with E-state index in [0.717, 1.165) is 30.3 Å². The highest BCUT2D eigenvalue weighted by molar-refractivity contribution is 6.08. The van der Waals surface area contributed by atoms with Crippen LogP contribution in [-0.4, -0.2) is 26.0 Å². The van der Waals surface area contributed by atoms with Gasteiger partial charge in [-0.05, 0) is 24.5 Å². The van der Waals surface area contributed by atoms with E-state index in [1.54, 1.807) is 6.07 Å². The molecular formula is C14H14O4. The Morgan fingerprint density at radius 1 is 1.44 bits per heavy atom. The molecule has 1 aromatic rings. The van der Waals surface area contributed by atoms with Gasteiger partial charge in [-0.1, -0.05) is 18.2 Å². The monoisotopic (exact) mass is 246 g/mol. The Hall–Kier alpha value is -2.10. The van der Waals surface area contributed by atoms with Crippen molar-refractivity contribution < 1.29 is 19.1 Å². The Kier molecular flexibility index (Phi) is 3.77. The second kappa shape index (κ2) is 5.49. The highest BCUT2D eigenvalue weighted by Crippen LogP contribution is 2.32. The van der Waals surface area contributed by atoms with Gasteiger partial charge in [-0.3, -0.25) is 4.79 Å². The zero-order valence-electron chi connectivity index (χ0n) is 10.1. The number of rotatable bonds is 4. The lowest BCUT2D eigenvalue weighted by Gasteiger charge is -2.18. The summed E-state index contributed by atoms with van der Waals surface area (Å²) < 4.78 is 9.96. The van der Waals surface area contributed by atoms with Crippen LogP contribution >= 0.6 is 0 Å². The molecule has 0 unspecified atom stereocenters. The lowest BCUT2D eigenvalue weighted by Crippen LogP contribution is -2.14. The molecule has 0 saturated heterocycles. The minimum Gasteiger partial charge on any atom is -0.482 e. The third kappa shape index (κ3) is 2.42. The zero-order chi connectivity index (χ0) is 13.0. The van der Waals surface area contributed by atoms with E-state index in [4.69, 9.17) is 4.74 Å². The number of esters is 1. The van der Waals surface area contributed by atoms with E-state index >= 15 is 0 Å². The van der Waals surface area contributed by atoms with Gasteiger partial charge in [-0.2, -0.15) is 0 Å². The first kappa shape index (κ1) is 12.4. The number of hydrogen-bond acceptors (Lipinski definition) is 4. The molecule has 0 radical (unpaired) electrons. The molecule has 0 bridgehead atoms. The number of benzene rings is 1. The minimum absolute atomic E-state index is 0.118. The molecule has 18 heavy (non-hydrogen) atoms. The molecule has 1 aliphatic rings. The Bertz CT molecular complexity index is 503. The Morgan fingerprint density at radius 2 is 2.28 bits per heavy atom. The molecule has 94 valence electrons. The summed E-state index contributed by atoms with van der Waals surface area (Å²) in [5.41, 5.74) is 2.55. The standard InChI is InChI=1S/C14H14O4/c1-17-14(16)9-18-13-7-3-5-11-10(8-15)4-2-6-12(11)13/h3-5,7-8H,2,6,9H2,1H3. The second-order valence-corrected chi connectivity index (χ2v) is 3.96. The Morgan fingerprint density at radius 3 is 3.00 bits per heavy atom. The number of methoxy groups -OCH3 is 1. The molecule has 1 aliphatic carbocycles. The van der Waals surface area contributed by atoms with E-state index in [9.17, 15) is 9.59 Å². The van der Waals surface area contributed by atoms with Crippen molar-refractivity contribution in [2.24, 2.45) is 0 Å². The largest absolute Gasteiger partial charge is 0.482 e. The van der Waals surface area contributed by atoms with Gasteiger partial charge in [-0.25, -0.2) is 4.79 Å². The summed E-state index contributed by atoms with van der Waals surface area (Å²) in [6.45, 7) is -0.118. The van der Waals surface area contributed by atoms with Gasteiger partial charge in [0.2, 0.25) is 0 Å². The third-order valence-corrected chi connectivity index (χ3v) is 2.90. The van der Waals surface area contributed by atoms with Crippen LogP contribution in [0.1, 0.15) is 17.5 Å². The van der Waals surface area contributed by atoms with Crippen molar-refractivity contribution in [2.75, 3.05) is 13.7 Å². The molecule has 0 aromatic heterocycles. The zero-order valence-corrected chi connectivity index (χ0v) is 10.1. The van der Waals surface area contributed by atoms with Gasteiger partial charge in [0.15, 0.2) is 6.61 Å². The topological polar surface area (TPSA) is 52.6 Å². The number of hydrogen-bond donors (Lipinski definition) is 0. The van der Waals surface area contributed by atoms with Gasteiger partial charge in [0.05, 0.1) is 7.11 Å². The molecule has 1 aromatic carbocycles. The molecule has 4 heteroatoms. The number of fused-ring (bicyclic) bond motifs is 1. The summed E-state index contributed by atoms with van der Waals surface area (Å²) in [4.78, 5) is 22.0. The molecule has 0 atom stereocenters. The van der Waals surface area contributed by atoms with Crippen LogP contribution in [-0.2, 0) is 20.7 Å². The van der Waals surface area contributed by atoms with Crippen molar-refractivity contribution in [3.05, 3.63) is 35.4 Å². The fraction of sp³-hybridized carbons (Fsp3) is 0.286. The third-order valence-electron chi connectivity index (χ3n) is 2.90. The maximum absolute atomic E-state index is 11.1. The number of carbonyl (C=O) groups excluding carboxylic acids is 2. The average Bonchev–Trinajstić information content (AvgIpc) is 2.43. The first-order valence-electron chi connectivity index (χ1n) is 5.73. The normalized spacial score (nSPS) is 13.3. The van der Waals surface area contributed by atoms with Crippen LogP contribution in [0, 0.1) is 0 Å². The van der Waals surface area contributed by atoms with Crippen LogP contribution < -0.4 is 4.74 Å². The van der Waals surface area contributed by atoms with E-state index in [-0.39, 0.29) is 6.61 Å². The van der Waals surface area contributed by atoms with E-state index < -0.39 is 5.97 Å². The lowest BCUT2D eigenvalue weighted by molar-refractivity contribution is -0.142. The van der Waals surface area contributed by atoms with Crippen molar-refractivity contribution in [3.63, 3.8) is 0 Å². The van der Waals surface area contributed by atoms with Crippen molar-refractivity contribution in [1.29, 1.82) is 0 Å². The number of carbonyl (C=O) groups is 2. The molecule has 0 N–H and O–H groups in total.